The number of nitrogens with one attached hydrogen (secondary N) is 1. The van der Waals surface area contributed by atoms with Crippen molar-refractivity contribution in [2.75, 3.05) is 30.4 Å². The topological polar surface area (TPSA) is 94.2 Å². The quantitative estimate of drug-likeness (QED) is 0.393. The van der Waals surface area contributed by atoms with Gasteiger partial charge in [-0.3, -0.25) is 9.10 Å². The molecule has 0 heterocycles. The van der Waals surface area contributed by atoms with Crippen LogP contribution in [0.25, 0.3) is 0 Å². The average Bonchev–Trinajstić information content (AvgIpc) is 3.41. The summed E-state index contributed by atoms with van der Waals surface area (Å²) in [6.45, 7) is 1.44. The first-order chi connectivity index (χ1) is 17.8. The molecule has 0 atom stereocenters. The molecule has 1 N–H and O–H groups in total. The third-order valence-electron chi connectivity index (χ3n) is 6.29. The van der Waals surface area contributed by atoms with Crippen LogP contribution in [-0.4, -0.2) is 41.2 Å². The van der Waals surface area contributed by atoms with Crippen molar-refractivity contribution in [3.8, 4) is 17.2 Å². The number of amides is 1. The minimum atomic E-state index is -4.07. The number of rotatable bonds is 10. The van der Waals surface area contributed by atoms with E-state index in [1.165, 1.54) is 45.3 Å². The highest BCUT2D eigenvalue weighted by Gasteiger charge is 2.28. The molecule has 37 heavy (non-hydrogen) atoms. The Balaban J connectivity index is 1.57. The maximum Gasteiger partial charge on any atom is 0.264 e. The lowest BCUT2D eigenvalue weighted by atomic mass is 10.2. The van der Waals surface area contributed by atoms with E-state index < -0.39 is 22.5 Å². The van der Waals surface area contributed by atoms with E-state index in [1.54, 1.807) is 36.4 Å². The lowest BCUT2D eigenvalue weighted by Gasteiger charge is -2.25. The highest BCUT2D eigenvalue weighted by molar-refractivity contribution is 7.92. The van der Waals surface area contributed by atoms with Crippen LogP contribution >= 0.6 is 0 Å². The SMILES string of the molecule is COc1ccc(N(CC(=O)Nc2ccc(OC3CCCC3)cc2)S(=O)(=O)c2ccc(C)cc2)cc1OC. The minimum absolute atomic E-state index is 0.0779. The number of sulfonamides is 1. The summed E-state index contributed by atoms with van der Waals surface area (Å²) in [5, 5.41) is 2.79. The zero-order chi connectivity index (χ0) is 26.4. The number of carbonyl (C=O) groups excluding carboxylic acids is 1. The van der Waals surface area contributed by atoms with Crippen LogP contribution in [0.2, 0.25) is 0 Å². The van der Waals surface area contributed by atoms with Gasteiger partial charge in [0.2, 0.25) is 5.91 Å². The monoisotopic (exact) mass is 524 g/mol. The molecule has 1 saturated carbocycles. The van der Waals surface area contributed by atoms with E-state index in [0.29, 0.717) is 17.2 Å². The Morgan fingerprint density at radius 3 is 2.19 bits per heavy atom. The molecule has 196 valence electrons. The molecular weight excluding hydrogens is 492 g/mol. The van der Waals surface area contributed by atoms with E-state index in [9.17, 15) is 13.2 Å². The zero-order valence-corrected chi connectivity index (χ0v) is 22.1. The summed E-state index contributed by atoms with van der Waals surface area (Å²) in [5.41, 5.74) is 1.74. The van der Waals surface area contributed by atoms with Crippen molar-refractivity contribution in [3.63, 3.8) is 0 Å². The largest absolute Gasteiger partial charge is 0.493 e. The van der Waals surface area contributed by atoms with Crippen LogP contribution in [0.5, 0.6) is 17.2 Å². The lowest BCUT2D eigenvalue weighted by molar-refractivity contribution is -0.114. The highest BCUT2D eigenvalue weighted by Crippen LogP contribution is 2.34. The van der Waals surface area contributed by atoms with E-state index in [-0.39, 0.29) is 16.7 Å². The lowest BCUT2D eigenvalue weighted by Crippen LogP contribution is -2.38. The first-order valence-electron chi connectivity index (χ1n) is 12.2. The van der Waals surface area contributed by atoms with Crippen molar-refractivity contribution in [2.24, 2.45) is 0 Å². The van der Waals surface area contributed by atoms with Gasteiger partial charge in [0.05, 0.1) is 30.9 Å². The van der Waals surface area contributed by atoms with Gasteiger partial charge >= 0.3 is 0 Å². The Hall–Kier alpha value is -3.72. The van der Waals surface area contributed by atoms with Gasteiger partial charge in [-0.15, -0.1) is 0 Å². The van der Waals surface area contributed by atoms with Crippen molar-refractivity contribution in [2.45, 2.75) is 43.6 Å². The summed E-state index contributed by atoms with van der Waals surface area (Å²) >= 11 is 0. The van der Waals surface area contributed by atoms with Gasteiger partial charge in [-0.05, 0) is 81.1 Å². The number of anilines is 2. The number of methoxy groups -OCH3 is 2. The summed E-state index contributed by atoms with van der Waals surface area (Å²) in [6, 6.07) is 18.3. The fourth-order valence-electron chi connectivity index (χ4n) is 4.28. The van der Waals surface area contributed by atoms with Crippen molar-refractivity contribution in [1.29, 1.82) is 0 Å². The molecule has 0 bridgehead atoms. The normalized spacial score (nSPS) is 13.7. The molecule has 0 saturated heterocycles. The second-order valence-corrected chi connectivity index (χ2v) is 10.8. The highest BCUT2D eigenvalue weighted by atomic mass is 32.2. The molecule has 9 heteroatoms. The third-order valence-corrected chi connectivity index (χ3v) is 8.08. The number of nitrogens with zero attached hydrogens (tertiary/aromatic N) is 1. The van der Waals surface area contributed by atoms with E-state index in [1.807, 2.05) is 19.1 Å². The van der Waals surface area contributed by atoms with Crippen LogP contribution in [0.4, 0.5) is 11.4 Å². The second kappa shape index (κ2) is 11.6. The molecule has 1 fully saturated rings. The number of hydrogen-bond donors (Lipinski definition) is 1. The molecule has 1 aliphatic rings. The molecule has 0 unspecified atom stereocenters. The molecule has 0 aliphatic heterocycles. The Bertz CT molecular complexity index is 1320. The Labute approximate surface area is 218 Å². The van der Waals surface area contributed by atoms with Crippen molar-refractivity contribution < 1.29 is 27.4 Å². The number of aryl methyl sites for hydroxylation is 1. The molecule has 0 radical (unpaired) electrons. The molecule has 0 aromatic heterocycles. The van der Waals surface area contributed by atoms with E-state index in [2.05, 4.69) is 5.32 Å². The molecule has 3 aromatic carbocycles. The Morgan fingerprint density at radius 2 is 1.57 bits per heavy atom. The summed E-state index contributed by atoms with van der Waals surface area (Å²) in [7, 11) is -1.11. The van der Waals surface area contributed by atoms with Gasteiger partial charge in [0.15, 0.2) is 11.5 Å². The number of hydrogen-bond acceptors (Lipinski definition) is 6. The number of benzene rings is 3. The number of ether oxygens (including phenoxy) is 3. The first-order valence-corrected chi connectivity index (χ1v) is 13.6. The Kier molecular flexibility index (Phi) is 8.23. The molecule has 8 nitrogen and oxygen atoms in total. The molecule has 4 rings (SSSR count). The van der Waals surface area contributed by atoms with Gasteiger partial charge in [-0.25, -0.2) is 8.42 Å². The minimum Gasteiger partial charge on any atom is -0.493 e. The Morgan fingerprint density at radius 1 is 0.919 bits per heavy atom. The van der Waals surface area contributed by atoms with Gasteiger partial charge in [-0.2, -0.15) is 0 Å². The fourth-order valence-corrected chi connectivity index (χ4v) is 5.69. The van der Waals surface area contributed by atoms with Crippen molar-refractivity contribution >= 4 is 27.3 Å². The molecular formula is C28H32N2O6S. The third kappa shape index (κ3) is 6.35. The predicted octanol–water partition coefficient (Wildman–Crippen LogP) is 5.17. The van der Waals surface area contributed by atoms with Crippen molar-refractivity contribution in [3.05, 3.63) is 72.3 Å². The van der Waals surface area contributed by atoms with E-state index in [4.69, 9.17) is 14.2 Å². The smallest absolute Gasteiger partial charge is 0.264 e. The maximum atomic E-state index is 13.7. The summed E-state index contributed by atoms with van der Waals surface area (Å²) in [4.78, 5) is 13.1. The van der Waals surface area contributed by atoms with Gasteiger partial charge in [0.25, 0.3) is 10.0 Å². The molecule has 1 amide bonds. The summed E-state index contributed by atoms with van der Waals surface area (Å²) < 4.78 is 45.0. The van der Waals surface area contributed by atoms with Crippen LogP contribution in [0.15, 0.2) is 71.6 Å². The molecule has 0 spiro atoms. The zero-order valence-electron chi connectivity index (χ0n) is 21.3. The van der Waals surface area contributed by atoms with Gasteiger partial charge in [0.1, 0.15) is 12.3 Å². The molecule has 3 aromatic rings. The first kappa shape index (κ1) is 26.3. The number of carbonyl (C=O) groups is 1. The van der Waals surface area contributed by atoms with Gasteiger partial charge in [0, 0.05) is 11.8 Å². The predicted molar refractivity (Wildman–Crippen MR) is 143 cm³/mol. The molecule has 1 aliphatic carbocycles. The summed E-state index contributed by atoms with van der Waals surface area (Å²) in [6.07, 6.45) is 4.71. The average molecular weight is 525 g/mol. The van der Waals surface area contributed by atoms with Crippen molar-refractivity contribution in [1.82, 2.24) is 0 Å². The van der Waals surface area contributed by atoms with Gasteiger partial charge in [-0.1, -0.05) is 17.7 Å². The van der Waals surface area contributed by atoms with Gasteiger partial charge < -0.3 is 19.5 Å². The van der Waals surface area contributed by atoms with Crippen LogP contribution in [0, 0.1) is 6.92 Å². The van der Waals surface area contributed by atoms with E-state index >= 15 is 0 Å². The van der Waals surface area contributed by atoms with Crippen LogP contribution in [0.3, 0.4) is 0 Å². The van der Waals surface area contributed by atoms with E-state index in [0.717, 1.165) is 28.5 Å². The summed E-state index contributed by atoms with van der Waals surface area (Å²) in [5.74, 6) is 1.05. The maximum absolute atomic E-state index is 13.7. The van der Waals surface area contributed by atoms with Crippen LogP contribution < -0.4 is 23.8 Å². The fraction of sp³-hybridized carbons (Fsp3) is 0.321. The standard InChI is InChI=1S/C28H32N2O6S/c1-20-8-15-25(16-9-20)37(32,33)30(22-12-17-26(34-2)27(18-22)35-3)19-28(31)29-21-10-13-24(14-11-21)36-23-6-4-5-7-23/h8-18,23H,4-7,19H2,1-3H3,(H,29,31). The second-order valence-electron chi connectivity index (χ2n) is 8.96. The van der Waals surface area contributed by atoms with Crippen LogP contribution in [0.1, 0.15) is 31.2 Å². The van der Waals surface area contributed by atoms with Crippen LogP contribution in [-0.2, 0) is 14.8 Å².